The van der Waals surface area contributed by atoms with Gasteiger partial charge in [0.05, 0.1) is 0 Å². The molecule has 0 aromatic rings. The molecule has 0 unspecified atom stereocenters. The highest BCUT2D eigenvalue weighted by molar-refractivity contribution is 6.32. The van der Waals surface area contributed by atoms with Crippen molar-refractivity contribution >= 4 is 23.4 Å². The van der Waals surface area contributed by atoms with Crippen molar-refractivity contribution in [2.24, 2.45) is 5.41 Å². The minimum Gasteiger partial charge on any atom is -0.451 e. The first kappa shape index (κ1) is 16.0. The Morgan fingerprint density at radius 2 is 1.89 bits per heavy atom. The van der Waals surface area contributed by atoms with Crippen LogP contribution < -0.4 is 0 Å². The number of carbonyl (C=O) groups excluding carboxylic acids is 2. The molecule has 3 nitrogen and oxygen atoms in total. The zero-order chi connectivity index (χ0) is 15.0. The summed E-state index contributed by atoms with van der Waals surface area (Å²) in [4.78, 5) is 22.6. The van der Waals surface area contributed by atoms with E-state index < -0.39 is 18.2 Å². The molecule has 108 valence electrons. The lowest BCUT2D eigenvalue weighted by atomic mass is 9.76. The van der Waals surface area contributed by atoms with Crippen molar-refractivity contribution in [2.45, 2.75) is 45.9 Å². The molecule has 0 bridgehead atoms. The quantitative estimate of drug-likeness (QED) is 0.734. The molecular weight excluding hydrogens is 285 g/mol. The molecule has 1 rings (SSSR count). The molecular formula is C12H14ClF3O3. The fourth-order valence-corrected chi connectivity index (χ4v) is 2.61. The van der Waals surface area contributed by atoms with Gasteiger partial charge in [0.25, 0.3) is 0 Å². The number of rotatable bonds is 2. The average molecular weight is 299 g/mol. The molecule has 0 saturated carbocycles. The van der Waals surface area contributed by atoms with Crippen LogP contribution in [-0.2, 0) is 14.3 Å². The molecule has 0 N–H and O–H groups in total. The number of hydrogen-bond acceptors (Lipinski definition) is 3. The topological polar surface area (TPSA) is 43.4 Å². The van der Waals surface area contributed by atoms with Crippen LogP contribution in [0.2, 0.25) is 0 Å². The van der Waals surface area contributed by atoms with Gasteiger partial charge in [-0.15, -0.1) is 0 Å². The summed E-state index contributed by atoms with van der Waals surface area (Å²) in [6.07, 6.45) is -5.86. The van der Waals surface area contributed by atoms with Crippen molar-refractivity contribution in [1.82, 2.24) is 0 Å². The van der Waals surface area contributed by atoms with Crippen molar-refractivity contribution in [2.75, 3.05) is 0 Å². The van der Waals surface area contributed by atoms with Gasteiger partial charge < -0.3 is 4.74 Å². The maximum Gasteiger partial charge on any atom is 0.490 e. The molecule has 0 aliphatic heterocycles. The molecule has 0 amide bonds. The van der Waals surface area contributed by atoms with E-state index >= 15 is 0 Å². The van der Waals surface area contributed by atoms with Crippen LogP contribution in [0, 0.1) is 5.41 Å². The molecule has 0 aromatic heterocycles. The van der Waals surface area contributed by atoms with Crippen LogP contribution >= 0.6 is 11.6 Å². The monoisotopic (exact) mass is 298 g/mol. The van der Waals surface area contributed by atoms with E-state index in [0.717, 1.165) is 0 Å². The second kappa shape index (κ2) is 5.15. The lowest BCUT2D eigenvalue weighted by Gasteiger charge is -2.31. The zero-order valence-electron chi connectivity index (χ0n) is 10.7. The Bertz CT molecular complexity index is 438. The first-order chi connectivity index (χ1) is 8.44. The average Bonchev–Trinajstić information content (AvgIpc) is 2.11. The molecule has 1 aliphatic carbocycles. The largest absolute Gasteiger partial charge is 0.490 e. The highest BCUT2D eigenvalue weighted by atomic mass is 35.5. The van der Waals surface area contributed by atoms with Crippen LogP contribution in [0.1, 0.15) is 33.6 Å². The van der Waals surface area contributed by atoms with Gasteiger partial charge in [-0.25, -0.2) is 4.79 Å². The molecule has 0 heterocycles. The summed E-state index contributed by atoms with van der Waals surface area (Å²) < 4.78 is 40.5. The third-order valence-electron chi connectivity index (χ3n) is 2.79. The summed E-state index contributed by atoms with van der Waals surface area (Å²) in [6, 6.07) is 0. The van der Waals surface area contributed by atoms with Crippen LogP contribution in [0.5, 0.6) is 0 Å². The fraction of sp³-hybridized carbons (Fsp3) is 0.667. The molecule has 0 spiro atoms. The van der Waals surface area contributed by atoms with Crippen LogP contribution in [0.15, 0.2) is 10.6 Å². The molecule has 7 heteroatoms. The van der Waals surface area contributed by atoms with Gasteiger partial charge in [-0.3, -0.25) is 4.79 Å². The van der Waals surface area contributed by atoms with E-state index in [1.54, 1.807) is 0 Å². The molecule has 1 aliphatic rings. The van der Waals surface area contributed by atoms with E-state index in [0.29, 0.717) is 6.42 Å². The second-order valence-corrected chi connectivity index (χ2v) is 5.76. The molecule has 0 saturated heterocycles. The van der Waals surface area contributed by atoms with Crippen LogP contribution in [0.3, 0.4) is 0 Å². The lowest BCUT2D eigenvalue weighted by molar-refractivity contribution is -0.202. The van der Waals surface area contributed by atoms with Crippen molar-refractivity contribution in [3.8, 4) is 0 Å². The van der Waals surface area contributed by atoms with Gasteiger partial charge in [-0.2, -0.15) is 13.2 Å². The van der Waals surface area contributed by atoms with E-state index in [-0.39, 0.29) is 28.2 Å². The van der Waals surface area contributed by atoms with E-state index in [1.807, 2.05) is 13.8 Å². The normalized spacial score (nSPS) is 21.3. The van der Waals surface area contributed by atoms with Crippen LogP contribution in [-0.4, -0.2) is 24.0 Å². The highest BCUT2D eigenvalue weighted by Gasteiger charge is 2.43. The fourth-order valence-electron chi connectivity index (χ4n) is 1.99. The SMILES string of the molecule is C[C@@H](OC(=O)C(F)(F)F)C1=C(Cl)CC(C)(C)CC1=O. The Morgan fingerprint density at radius 1 is 1.37 bits per heavy atom. The maximum absolute atomic E-state index is 12.1. The van der Waals surface area contributed by atoms with E-state index in [9.17, 15) is 22.8 Å². The van der Waals surface area contributed by atoms with Crippen molar-refractivity contribution in [1.29, 1.82) is 0 Å². The number of Topliss-reactive ketones (excluding diaryl/α,β-unsaturated/α-hetero) is 1. The predicted molar refractivity (Wildman–Crippen MR) is 62.5 cm³/mol. The number of ketones is 1. The van der Waals surface area contributed by atoms with Crippen LogP contribution in [0.25, 0.3) is 0 Å². The number of allylic oxidation sites excluding steroid dienone is 1. The molecule has 0 aromatic carbocycles. The van der Waals surface area contributed by atoms with Gasteiger partial charge in [-0.1, -0.05) is 25.4 Å². The predicted octanol–water partition coefficient (Wildman–Crippen LogP) is 3.36. The van der Waals surface area contributed by atoms with Gasteiger partial charge in [0, 0.05) is 17.0 Å². The van der Waals surface area contributed by atoms with Crippen molar-refractivity contribution < 1.29 is 27.5 Å². The Morgan fingerprint density at radius 3 is 2.32 bits per heavy atom. The zero-order valence-corrected chi connectivity index (χ0v) is 11.5. The number of carbonyl (C=O) groups is 2. The van der Waals surface area contributed by atoms with Gasteiger partial charge in [0.15, 0.2) is 5.78 Å². The summed E-state index contributed by atoms with van der Waals surface area (Å²) in [5.41, 5.74) is -0.385. The minimum atomic E-state index is -5.09. The summed E-state index contributed by atoms with van der Waals surface area (Å²) in [5.74, 6) is -2.71. The van der Waals surface area contributed by atoms with Crippen LogP contribution in [0.4, 0.5) is 13.2 Å². The maximum atomic E-state index is 12.1. The highest BCUT2D eigenvalue weighted by Crippen LogP contribution is 2.40. The van der Waals surface area contributed by atoms with Gasteiger partial charge in [0.1, 0.15) is 6.10 Å². The Balaban J connectivity index is 2.91. The van der Waals surface area contributed by atoms with Crippen molar-refractivity contribution in [3.05, 3.63) is 10.6 Å². The third kappa shape index (κ3) is 3.96. The van der Waals surface area contributed by atoms with E-state index in [4.69, 9.17) is 11.6 Å². The van der Waals surface area contributed by atoms with Gasteiger partial charge in [0.2, 0.25) is 0 Å². The smallest absolute Gasteiger partial charge is 0.451 e. The Labute approximate surface area is 113 Å². The van der Waals surface area contributed by atoms with E-state index in [2.05, 4.69) is 4.74 Å². The minimum absolute atomic E-state index is 0.0430. The standard InChI is InChI=1S/C12H14ClF3O3/c1-6(19-10(18)12(14,15)16)9-7(13)4-11(2,3)5-8(9)17/h6H,4-5H2,1-3H3/t6-/m1/s1. The number of esters is 1. The van der Waals surface area contributed by atoms with Crippen molar-refractivity contribution in [3.63, 3.8) is 0 Å². The number of alkyl halides is 3. The first-order valence-corrected chi connectivity index (χ1v) is 6.01. The molecule has 0 radical (unpaired) electrons. The first-order valence-electron chi connectivity index (χ1n) is 5.63. The summed E-state index contributed by atoms with van der Waals surface area (Å²) in [5, 5.41) is 0.156. The lowest BCUT2D eigenvalue weighted by Crippen LogP contribution is -2.34. The summed E-state index contributed by atoms with van der Waals surface area (Å²) in [7, 11) is 0. The number of hydrogen-bond donors (Lipinski definition) is 0. The molecule has 1 atom stereocenters. The van der Waals surface area contributed by atoms with E-state index in [1.165, 1.54) is 6.92 Å². The Kier molecular flexibility index (Phi) is 4.34. The molecule has 19 heavy (non-hydrogen) atoms. The number of ether oxygens (including phenoxy) is 1. The van der Waals surface area contributed by atoms with Gasteiger partial charge >= 0.3 is 12.1 Å². The summed E-state index contributed by atoms with van der Waals surface area (Å²) in [6.45, 7) is 4.87. The molecule has 0 fully saturated rings. The Hall–Kier alpha value is -1.04. The number of halogens is 4. The van der Waals surface area contributed by atoms with Gasteiger partial charge in [-0.05, 0) is 18.8 Å². The second-order valence-electron chi connectivity index (χ2n) is 5.30. The third-order valence-corrected chi connectivity index (χ3v) is 3.12. The summed E-state index contributed by atoms with van der Waals surface area (Å²) >= 11 is 5.94.